The van der Waals surface area contributed by atoms with Crippen molar-refractivity contribution in [3.8, 4) is 0 Å². The normalized spacial score (nSPS) is 14.1. The Labute approximate surface area is 242 Å². The van der Waals surface area contributed by atoms with Crippen LogP contribution in [0.4, 0.5) is 0 Å². The minimum Gasteiger partial charge on any atom is -0.480 e. The molecule has 0 saturated carbocycles. The number of benzene rings is 1. The average molecular weight is 583 g/mol. The molecule has 10 N–H and O–H groups in total. The quantitative estimate of drug-likeness (QED) is 0.113. The number of aromatic nitrogens is 3. The second kappa shape index (κ2) is 14.8. The van der Waals surface area contributed by atoms with Crippen LogP contribution < -0.4 is 27.4 Å². The molecule has 2 heterocycles. The predicted molar refractivity (Wildman–Crippen MR) is 154 cm³/mol. The molecule has 226 valence electrons. The summed E-state index contributed by atoms with van der Waals surface area (Å²) >= 11 is 0. The summed E-state index contributed by atoms with van der Waals surface area (Å²) in [6, 6.07) is 2.77. The second-order valence-electron chi connectivity index (χ2n) is 10.6. The Balaban J connectivity index is 1.72. The molecular weight excluding hydrogens is 544 g/mol. The molecule has 4 amide bonds. The van der Waals surface area contributed by atoms with Crippen LogP contribution >= 0.6 is 0 Å². The fraction of sp³-hybridized carbons (Fsp3) is 0.429. The van der Waals surface area contributed by atoms with E-state index in [2.05, 4.69) is 30.9 Å². The molecule has 14 nitrogen and oxygen atoms in total. The number of hydrogen-bond donors (Lipinski definition) is 8. The zero-order valence-corrected chi connectivity index (χ0v) is 23.6. The van der Waals surface area contributed by atoms with Crippen molar-refractivity contribution >= 4 is 40.5 Å². The first-order valence-electron chi connectivity index (χ1n) is 13.6. The maximum Gasteiger partial charge on any atom is 0.326 e. The van der Waals surface area contributed by atoms with E-state index in [1.54, 1.807) is 6.20 Å². The van der Waals surface area contributed by atoms with Crippen LogP contribution in [0.1, 0.15) is 44.4 Å². The first-order valence-corrected chi connectivity index (χ1v) is 13.6. The number of H-pyrrole nitrogens is 2. The van der Waals surface area contributed by atoms with E-state index in [1.165, 1.54) is 12.5 Å². The van der Waals surface area contributed by atoms with Crippen LogP contribution in [0.5, 0.6) is 0 Å². The first kappa shape index (κ1) is 31.8. The second-order valence-corrected chi connectivity index (χ2v) is 10.6. The number of carbonyl (C=O) groups excluding carboxylic acids is 4. The zero-order chi connectivity index (χ0) is 30.8. The number of rotatable bonds is 16. The number of nitrogens with one attached hydrogen (secondary N) is 5. The lowest BCUT2D eigenvalue weighted by atomic mass is 10.00. The largest absolute Gasteiger partial charge is 0.480 e. The summed E-state index contributed by atoms with van der Waals surface area (Å²) in [7, 11) is 0. The summed E-state index contributed by atoms with van der Waals surface area (Å²) in [6.45, 7) is 3.68. The molecule has 0 spiro atoms. The molecule has 3 rings (SSSR count). The molecule has 0 fully saturated rings. The molecule has 1 aromatic carbocycles. The third-order valence-corrected chi connectivity index (χ3v) is 6.70. The molecule has 0 bridgehead atoms. The summed E-state index contributed by atoms with van der Waals surface area (Å²) in [5.74, 6) is -4.05. The lowest BCUT2D eigenvalue weighted by Crippen LogP contribution is -2.57. The van der Waals surface area contributed by atoms with Gasteiger partial charge in [-0.1, -0.05) is 32.0 Å². The number of aromatic amines is 2. The zero-order valence-electron chi connectivity index (χ0n) is 23.6. The number of aliphatic carboxylic acids is 1. The van der Waals surface area contributed by atoms with E-state index in [9.17, 15) is 29.1 Å². The van der Waals surface area contributed by atoms with Crippen molar-refractivity contribution in [2.24, 2.45) is 17.4 Å². The van der Waals surface area contributed by atoms with Gasteiger partial charge in [0.1, 0.15) is 18.1 Å². The van der Waals surface area contributed by atoms with Gasteiger partial charge in [-0.05, 0) is 30.4 Å². The number of hydrogen-bond acceptors (Lipinski definition) is 7. The summed E-state index contributed by atoms with van der Waals surface area (Å²) in [4.78, 5) is 72.8. The van der Waals surface area contributed by atoms with Crippen LogP contribution in [0.25, 0.3) is 10.9 Å². The SMILES string of the molecule is CC(C)CC(NC(=O)C(CCC(N)=O)NC(=O)C(N)Cc1cnc[nH]1)C(=O)NC(Cc1c[nH]c2ccccc12)C(=O)O. The molecule has 4 atom stereocenters. The van der Waals surface area contributed by atoms with Gasteiger partial charge in [0, 0.05) is 48.3 Å². The maximum atomic E-state index is 13.3. The molecule has 0 aliphatic carbocycles. The Kier molecular flexibility index (Phi) is 11.2. The summed E-state index contributed by atoms with van der Waals surface area (Å²) in [5, 5.41) is 18.4. The van der Waals surface area contributed by atoms with Crippen LogP contribution in [-0.2, 0) is 36.8 Å². The maximum absolute atomic E-state index is 13.3. The highest BCUT2D eigenvalue weighted by Gasteiger charge is 2.31. The van der Waals surface area contributed by atoms with E-state index in [-0.39, 0.29) is 38.0 Å². The summed E-state index contributed by atoms with van der Waals surface area (Å²) in [5.41, 5.74) is 13.4. The highest BCUT2D eigenvalue weighted by atomic mass is 16.4. The number of carboxylic acids is 1. The van der Waals surface area contributed by atoms with Crippen LogP contribution in [0, 0.1) is 5.92 Å². The van der Waals surface area contributed by atoms with Crippen molar-refractivity contribution in [1.82, 2.24) is 30.9 Å². The van der Waals surface area contributed by atoms with Crippen molar-refractivity contribution in [3.63, 3.8) is 0 Å². The van der Waals surface area contributed by atoms with Crippen molar-refractivity contribution in [2.45, 2.75) is 70.1 Å². The fourth-order valence-corrected chi connectivity index (χ4v) is 4.53. The van der Waals surface area contributed by atoms with E-state index in [1.807, 2.05) is 38.1 Å². The van der Waals surface area contributed by atoms with E-state index in [4.69, 9.17) is 11.5 Å². The van der Waals surface area contributed by atoms with Crippen LogP contribution in [0.15, 0.2) is 43.0 Å². The van der Waals surface area contributed by atoms with Crippen molar-refractivity contribution in [2.75, 3.05) is 0 Å². The number of nitrogens with zero attached hydrogens (tertiary/aromatic N) is 1. The highest BCUT2D eigenvalue weighted by Crippen LogP contribution is 2.19. The Morgan fingerprint density at radius 2 is 1.60 bits per heavy atom. The minimum absolute atomic E-state index is 0.0128. The number of amides is 4. The number of imidazole rings is 1. The van der Waals surface area contributed by atoms with E-state index in [0.29, 0.717) is 11.3 Å². The molecular formula is C28H38N8O6. The molecule has 0 aliphatic rings. The summed E-state index contributed by atoms with van der Waals surface area (Å²) in [6.07, 6.45) is 4.65. The number of para-hydroxylation sites is 1. The molecule has 3 aromatic rings. The van der Waals surface area contributed by atoms with Gasteiger partial charge in [0.05, 0.1) is 12.4 Å². The molecule has 2 aromatic heterocycles. The van der Waals surface area contributed by atoms with Gasteiger partial charge in [0.25, 0.3) is 0 Å². The van der Waals surface area contributed by atoms with Crippen molar-refractivity contribution < 1.29 is 29.1 Å². The number of carbonyl (C=O) groups is 5. The smallest absolute Gasteiger partial charge is 0.326 e. The van der Waals surface area contributed by atoms with Gasteiger partial charge in [-0.3, -0.25) is 19.2 Å². The number of nitrogens with two attached hydrogens (primary N) is 2. The van der Waals surface area contributed by atoms with Gasteiger partial charge in [0.15, 0.2) is 0 Å². The number of fused-ring (bicyclic) bond motifs is 1. The number of carboxylic acid groups (broad SMARTS) is 1. The molecule has 0 saturated heterocycles. The van der Waals surface area contributed by atoms with Gasteiger partial charge in [-0.15, -0.1) is 0 Å². The van der Waals surface area contributed by atoms with Gasteiger partial charge in [0.2, 0.25) is 23.6 Å². The molecule has 14 heteroatoms. The first-order chi connectivity index (χ1) is 19.9. The fourth-order valence-electron chi connectivity index (χ4n) is 4.53. The Morgan fingerprint density at radius 3 is 2.24 bits per heavy atom. The van der Waals surface area contributed by atoms with E-state index >= 15 is 0 Å². The van der Waals surface area contributed by atoms with E-state index < -0.39 is 53.8 Å². The van der Waals surface area contributed by atoms with Crippen molar-refractivity contribution in [1.29, 1.82) is 0 Å². The Bertz CT molecular complexity index is 1390. The minimum atomic E-state index is -1.27. The van der Waals surface area contributed by atoms with Gasteiger partial charge < -0.3 is 42.5 Å². The lowest BCUT2D eigenvalue weighted by Gasteiger charge is -2.26. The highest BCUT2D eigenvalue weighted by molar-refractivity contribution is 5.94. The third-order valence-electron chi connectivity index (χ3n) is 6.70. The average Bonchev–Trinajstić information content (AvgIpc) is 3.59. The standard InChI is InChI=1S/C28H38N8O6/c1-15(2)9-22(27(40)36-23(28(41)42)10-16-12-32-20-6-4-3-5-18(16)20)35-26(39)21(7-8-24(30)37)34-25(38)19(29)11-17-13-31-14-33-17/h3-6,12-15,19,21-23,32H,7-11,29H2,1-2H3,(H2,30,37)(H,31,33)(H,34,38)(H,35,39)(H,36,40)(H,41,42). The van der Waals surface area contributed by atoms with Crippen molar-refractivity contribution in [3.05, 3.63) is 54.2 Å². The molecule has 0 aliphatic heterocycles. The topological polar surface area (TPSA) is 238 Å². The Morgan fingerprint density at radius 1 is 0.929 bits per heavy atom. The van der Waals surface area contributed by atoms with Crippen LogP contribution in [0.2, 0.25) is 0 Å². The Hall–Kier alpha value is -4.72. The lowest BCUT2D eigenvalue weighted by molar-refractivity contribution is -0.142. The monoisotopic (exact) mass is 582 g/mol. The molecule has 4 unspecified atom stereocenters. The number of primary amides is 1. The van der Waals surface area contributed by atoms with Gasteiger partial charge in [-0.2, -0.15) is 0 Å². The van der Waals surface area contributed by atoms with Crippen LogP contribution in [0.3, 0.4) is 0 Å². The van der Waals surface area contributed by atoms with Gasteiger partial charge in [-0.25, -0.2) is 9.78 Å². The molecule has 0 radical (unpaired) electrons. The summed E-state index contributed by atoms with van der Waals surface area (Å²) < 4.78 is 0. The predicted octanol–water partition coefficient (Wildman–Crippen LogP) is -0.146. The van der Waals surface area contributed by atoms with E-state index in [0.717, 1.165) is 10.9 Å². The molecule has 42 heavy (non-hydrogen) atoms. The third kappa shape index (κ3) is 9.16. The van der Waals surface area contributed by atoms with Gasteiger partial charge >= 0.3 is 5.97 Å². The van der Waals surface area contributed by atoms with Crippen LogP contribution in [-0.4, -0.2) is 73.8 Å².